The Morgan fingerprint density at radius 1 is 1.53 bits per heavy atom. The number of hydrogen-bond donors (Lipinski definition) is 0. The van der Waals surface area contributed by atoms with Crippen LogP contribution in [-0.2, 0) is 4.79 Å². The van der Waals surface area contributed by atoms with Crippen LogP contribution in [0, 0.1) is 5.92 Å². The second kappa shape index (κ2) is 5.44. The van der Waals surface area contributed by atoms with Crippen molar-refractivity contribution in [1.82, 2.24) is 4.90 Å². The van der Waals surface area contributed by atoms with Crippen LogP contribution in [0.15, 0.2) is 28.7 Å². The molecule has 1 aliphatic heterocycles. The normalized spacial score (nSPS) is 20.4. The van der Waals surface area contributed by atoms with Crippen molar-refractivity contribution >= 4 is 33.6 Å². The van der Waals surface area contributed by atoms with Crippen molar-refractivity contribution in [2.24, 2.45) is 5.92 Å². The van der Waals surface area contributed by atoms with E-state index in [2.05, 4.69) is 41.9 Å². The maximum absolute atomic E-state index is 11.9. The summed E-state index contributed by atoms with van der Waals surface area (Å²) in [6.45, 7) is 5.13. The van der Waals surface area contributed by atoms with Gasteiger partial charge in [-0.15, -0.1) is 11.8 Å². The Bertz CT molecular complexity index is 422. The van der Waals surface area contributed by atoms with Gasteiger partial charge in [0, 0.05) is 11.0 Å². The Balaban J connectivity index is 2.22. The highest BCUT2D eigenvalue weighted by Gasteiger charge is 2.32. The summed E-state index contributed by atoms with van der Waals surface area (Å²) >= 11 is 5.20. The second-order valence-electron chi connectivity index (χ2n) is 4.66. The van der Waals surface area contributed by atoms with Crippen LogP contribution in [0.2, 0.25) is 0 Å². The molecule has 1 atom stereocenters. The molecular weight excluding hydrogens is 298 g/mol. The van der Waals surface area contributed by atoms with Crippen LogP contribution in [0.4, 0.5) is 0 Å². The number of hydrogen-bond acceptors (Lipinski definition) is 2. The summed E-state index contributed by atoms with van der Waals surface area (Å²) in [7, 11) is 0. The molecule has 2 nitrogen and oxygen atoms in total. The fourth-order valence-corrected chi connectivity index (χ4v) is 3.59. The van der Waals surface area contributed by atoms with Crippen molar-refractivity contribution < 1.29 is 4.79 Å². The monoisotopic (exact) mass is 313 g/mol. The SMILES string of the molecule is CC(C)CN1C(=O)CSC1c1cccc(Br)c1. The molecule has 1 saturated heterocycles. The van der Waals surface area contributed by atoms with Gasteiger partial charge in [0.05, 0.1) is 5.75 Å². The van der Waals surface area contributed by atoms with Gasteiger partial charge in [0.25, 0.3) is 0 Å². The summed E-state index contributed by atoms with van der Waals surface area (Å²) in [6, 6.07) is 8.23. The lowest BCUT2D eigenvalue weighted by molar-refractivity contribution is -0.128. The smallest absolute Gasteiger partial charge is 0.233 e. The molecule has 0 bridgehead atoms. The number of carbonyl (C=O) groups excluding carboxylic acids is 1. The zero-order valence-electron chi connectivity index (χ0n) is 10.0. The molecule has 0 aliphatic carbocycles. The number of benzene rings is 1. The molecule has 1 aliphatic rings. The third-order valence-corrected chi connectivity index (χ3v) is 4.41. The first kappa shape index (κ1) is 13.0. The Morgan fingerprint density at radius 3 is 2.94 bits per heavy atom. The highest BCUT2D eigenvalue weighted by molar-refractivity contribution is 9.10. The van der Waals surface area contributed by atoms with E-state index in [1.807, 2.05) is 17.0 Å². The van der Waals surface area contributed by atoms with Crippen molar-refractivity contribution in [2.45, 2.75) is 19.2 Å². The minimum atomic E-state index is 0.183. The van der Waals surface area contributed by atoms with E-state index in [9.17, 15) is 4.79 Å². The molecule has 0 spiro atoms. The Morgan fingerprint density at radius 2 is 2.29 bits per heavy atom. The van der Waals surface area contributed by atoms with Gasteiger partial charge in [-0.05, 0) is 23.6 Å². The van der Waals surface area contributed by atoms with E-state index in [1.165, 1.54) is 5.56 Å². The van der Waals surface area contributed by atoms with Gasteiger partial charge in [0.2, 0.25) is 5.91 Å². The van der Waals surface area contributed by atoms with Gasteiger partial charge < -0.3 is 4.90 Å². The highest BCUT2D eigenvalue weighted by Crippen LogP contribution is 2.39. The van der Waals surface area contributed by atoms with E-state index in [0.29, 0.717) is 11.7 Å². The lowest BCUT2D eigenvalue weighted by atomic mass is 10.1. The van der Waals surface area contributed by atoms with Crippen LogP contribution in [0.1, 0.15) is 24.8 Å². The molecular formula is C13H16BrNOS. The maximum Gasteiger partial charge on any atom is 0.233 e. The first-order valence-corrected chi connectivity index (χ1v) is 7.58. The zero-order valence-corrected chi connectivity index (χ0v) is 12.4. The van der Waals surface area contributed by atoms with Gasteiger partial charge in [-0.3, -0.25) is 4.79 Å². The Kier molecular flexibility index (Phi) is 4.15. The lowest BCUT2D eigenvalue weighted by Crippen LogP contribution is -2.31. The molecule has 17 heavy (non-hydrogen) atoms. The molecule has 0 radical (unpaired) electrons. The standard InChI is InChI=1S/C13H16BrNOS/c1-9(2)7-15-12(16)8-17-13(15)10-4-3-5-11(14)6-10/h3-6,9,13H,7-8H2,1-2H3. The molecule has 1 heterocycles. The van der Waals surface area contributed by atoms with E-state index in [0.717, 1.165) is 11.0 Å². The zero-order chi connectivity index (χ0) is 12.4. The summed E-state index contributed by atoms with van der Waals surface area (Å²) in [5, 5.41) is 0.183. The van der Waals surface area contributed by atoms with E-state index < -0.39 is 0 Å². The van der Waals surface area contributed by atoms with Gasteiger partial charge in [-0.1, -0.05) is 41.9 Å². The Hall–Kier alpha value is -0.480. The van der Waals surface area contributed by atoms with Crippen LogP contribution in [-0.4, -0.2) is 23.1 Å². The van der Waals surface area contributed by atoms with Crippen molar-refractivity contribution in [2.75, 3.05) is 12.3 Å². The second-order valence-corrected chi connectivity index (χ2v) is 6.64. The summed E-state index contributed by atoms with van der Waals surface area (Å²) in [5.74, 6) is 1.37. The first-order valence-electron chi connectivity index (χ1n) is 5.74. The van der Waals surface area contributed by atoms with Crippen LogP contribution in [0.5, 0.6) is 0 Å². The predicted octanol–water partition coefficient (Wildman–Crippen LogP) is 3.68. The first-order chi connectivity index (χ1) is 8.08. The van der Waals surface area contributed by atoms with Gasteiger partial charge in [0.15, 0.2) is 0 Å². The largest absolute Gasteiger partial charge is 0.326 e. The average Bonchev–Trinajstić information content (AvgIpc) is 2.60. The molecule has 1 fully saturated rings. The maximum atomic E-state index is 11.9. The number of amides is 1. The average molecular weight is 314 g/mol. The lowest BCUT2D eigenvalue weighted by Gasteiger charge is -2.26. The van der Waals surface area contributed by atoms with Crippen LogP contribution in [0.25, 0.3) is 0 Å². The van der Waals surface area contributed by atoms with Crippen LogP contribution in [0.3, 0.4) is 0 Å². The number of halogens is 1. The molecule has 0 N–H and O–H groups in total. The van der Waals surface area contributed by atoms with E-state index >= 15 is 0 Å². The summed E-state index contributed by atoms with van der Waals surface area (Å²) < 4.78 is 1.07. The van der Waals surface area contributed by atoms with Gasteiger partial charge in [-0.25, -0.2) is 0 Å². The molecule has 4 heteroatoms. The number of carbonyl (C=O) groups is 1. The fourth-order valence-electron chi connectivity index (χ4n) is 1.98. The molecule has 1 unspecified atom stereocenters. The molecule has 1 amide bonds. The van der Waals surface area contributed by atoms with E-state index in [-0.39, 0.29) is 11.3 Å². The molecule has 92 valence electrons. The van der Waals surface area contributed by atoms with Gasteiger partial charge in [0.1, 0.15) is 5.37 Å². The van der Waals surface area contributed by atoms with Gasteiger partial charge >= 0.3 is 0 Å². The summed E-state index contributed by atoms with van der Waals surface area (Å²) in [4.78, 5) is 13.9. The molecule has 1 aromatic rings. The number of rotatable bonds is 3. The summed E-state index contributed by atoms with van der Waals surface area (Å²) in [5.41, 5.74) is 1.20. The van der Waals surface area contributed by atoms with Crippen molar-refractivity contribution in [3.63, 3.8) is 0 Å². The third kappa shape index (κ3) is 3.05. The number of thioether (sulfide) groups is 1. The Labute approximate surface area is 115 Å². The van der Waals surface area contributed by atoms with E-state index in [4.69, 9.17) is 0 Å². The minimum Gasteiger partial charge on any atom is -0.326 e. The number of nitrogens with zero attached hydrogens (tertiary/aromatic N) is 1. The molecule has 0 saturated carbocycles. The van der Waals surface area contributed by atoms with Crippen molar-refractivity contribution in [3.05, 3.63) is 34.3 Å². The van der Waals surface area contributed by atoms with Crippen molar-refractivity contribution in [3.8, 4) is 0 Å². The minimum absolute atomic E-state index is 0.183. The predicted molar refractivity (Wildman–Crippen MR) is 75.9 cm³/mol. The quantitative estimate of drug-likeness (QED) is 0.848. The fraction of sp³-hybridized carbons (Fsp3) is 0.462. The molecule has 0 aromatic heterocycles. The van der Waals surface area contributed by atoms with Crippen LogP contribution < -0.4 is 0 Å². The molecule has 2 rings (SSSR count). The van der Waals surface area contributed by atoms with Crippen molar-refractivity contribution in [1.29, 1.82) is 0 Å². The third-order valence-electron chi connectivity index (χ3n) is 2.66. The van der Waals surface area contributed by atoms with Crippen LogP contribution >= 0.6 is 27.7 Å². The highest BCUT2D eigenvalue weighted by atomic mass is 79.9. The summed E-state index contributed by atoms with van der Waals surface area (Å²) in [6.07, 6.45) is 0. The topological polar surface area (TPSA) is 20.3 Å². The van der Waals surface area contributed by atoms with Gasteiger partial charge in [-0.2, -0.15) is 0 Å². The molecule has 1 aromatic carbocycles. The van der Waals surface area contributed by atoms with E-state index in [1.54, 1.807) is 11.8 Å².